The van der Waals surface area contributed by atoms with Gasteiger partial charge in [-0.2, -0.15) is 15.0 Å². The molecular weight excluding hydrogens is 230 g/mol. The summed E-state index contributed by atoms with van der Waals surface area (Å²) < 4.78 is 5.28. The monoisotopic (exact) mass is 243 g/mol. The topological polar surface area (TPSA) is 72.0 Å². The van der Waals surface area contributed by atoms with Gasteiger partial charge in [0, 0.05) is 26.1 Å². The van der Waals surface area contributed by atoms with Crippen molar-refractivity contribution in [1.29, 1.82) is 0 Å². The Balaban J connectivity index is 1.94. The minimum Gasteiger partial charge on any atom is -0.381 e. The predicted octanol–water partition coefficient (Wildman–Crippen LogP) is 1.02. The second kappa shape index (κ2) is 5.27. The summed E-state index contributed by atoms with van der Waals surface area (Å²) in [5, 5.41) is 6.14. The third kappa shape index (κ3) is 2.93. The quantitative estimate of drug-likeness (QED) is 0.823. The first-order valence-electron chi connectivity index (χ1n) is 5.19. The summed E-state index contributed by atoms with van der Waals surface area (Å²) in [6.07, 6.45) is 1.07. The van der Waals surface area contributed by atoms with Gasteiger partial charge in [-0.3, -0.25) is 0 Å². The highest BCUT2D eigenvalue weighted by Gasteiger charge is 2.15. The zero-order chi connectivity index (χ0) is 11.4. The van der Waals surface area contributed by atoms with Crippen LogP contribution in [0.25, 0.3) is 0 Å². The molecule has 0 bridgehead atoms. The lowest BCUT2D eigenvalue weighted by molar-refractivity contribution is 0.187. The Bertz CT molecular complexity index is 356. The fourth-order valence-corrected chi connectivity index (χ4v) is 1.68. The van der Waals surface area contributed by atoms with Crippen molar-refractivity contribution in [3.05, 3.63) is 5.28 Å². The van der Waals surface area contributed by atoms with Crippen molar-refractivity contribution in [3.8, 4) is 0 Å². The minimum absolute atomic E-state index is 0.185. The van der Waals surface area contributed by atoms with Crippen molar-refractivity contribution < 1.29 is 4.74 Å². The molecule has 1 unspecified atom stereocenters. The van der Waals surface area contributed by atoms with E-state index in [1.807, 2.05) is 0 Å². The van der Waals surface area contributed by atoms with Crippen LogP contribution in [0.3, 0.4) is 0 Å². The summed E-state index contributed by atoms with van der Waals surface area (Å²) in [6, 6.07) is 0. The van der Waals surface area contributed by atoms with Gasteiger partial charge >= 0.3 is 0 Å². The van der Waals surface area contributed by atoms with Gasteiger partial charge < -0.3 is 15.4 Å². The standard InChI is InChI=1S/C9H14ClN5O/c1-11-8-13-7(10)14-9(15-8)12-4-6-2-3-16-5-6/h6H,2-5H2,1H3,(H2,11,12,13,14,15). The summed E-state index contributed by atoms with van der Waals surface area (Å²) in [5.41, 5.74) is 0. The van der Waals surface area contributed by atoms with Crippen LogP contribution in [0.4, 0.5) is 11.9 Å². The lowest BCUT2D eigenvalue weighted by Gasteiger charge is -2.09. The summed E-state index contributed by atoms with van der Waals surface area (Å²) in [7, 11) is 1.74. The van der Waals surface area contributed by atoms with Crippen LogP contribution >= 0.6 is 11.6 Å². The highest BCUT2D eigenvalue weighted by molar-refractivity contribution is 6.28. The van der Waals surface area contributed by atoms with Gasteiger partial charge in [-0.05, 0) is 18.0 Å². The van der Waals surface area contributed by atoms with Crippen LogP contribution in [0.1, 0.15) is 6.42 Å². The van der Waals surface area contributed by atoms with Crippen LogP contribution in [0.2, 0.25) is 5.28 Å². The van der Waals surface area contributed by atoms with E-state index < -0.39 is 0 Å². The fourth-order valence-electron chi connectivity index (χ4n) is 1.52. The van der Waals surface area contributed by atoms with Crippen molar-refractivity contribution in [1.82, 2.24) is 15.0 Å². The van der Waals surface area contributed by atoms with Crippen molar-refractivity contribution >= 4 is 23.5 Å². The molecule has 0 amide bonds. The Kier molecular flexibility index (Phi) is 3.74. The predicted molar refractivity (Wildman–Crippen MR) is 61.8 cm³/mol. The molecule has 7 heteroatoms. The molecule has 2 N–H and O–H groups in total. The third-order valence-electron chi connectivity index (χ3n) is 2.40. The molecule has 2 rings (SSSR count). The van der Waals surface area contributed by atoms with Gasteiger partial charge in [0.05, 0.1) is 6.61 Å². The average Bonchev–Trinajstić information content (AvgIpc) is 2.78. The van der Waals surface area contributed by atoms with Crippen molar-refractivity contribution in [2.75, 3.05) is 37.4 Å². The van der Waals surface area contributed by atoms with E-state index in [1.54, 1.807) is 7.05 Å². The Labute approximate surface area is 98.8 Å². The molecule has 0 spiro atoms. The summed E-state index contributed by atoms with van der Waals surface area (Å²) in [5.74, 6) is 1.48. The largest absolute Gasteiger partial charge is 0.381 e. The Hall–Kier alpha value is -1.14. The molecule has 16 heavy (non-hydrogen) atoms. The van der Waals surface area contributed by atoms with Crippen molar-refractivity contribution in [2.45, 2.75) is 6.42 Å². The molecule has 88 valence electrons. The highest BCUT2D eigenvalue weighted by atomic mass is 35.5. The molecular formula is C9H14ClN5O. The Morgan fingerprint density at radius 3 is 2.88 bits per heavy atom. The SMILES string of the molecule is CNc1nc(Cl)nc(NCC2CCOC2)n1. The van der Waals surface area contributed by atoms with Crippen LogP contribution in [0, 0.1) is 5.92 Å². The highest BCUT2D eigenvalue weighted by Crippen LogP contribution is 2.14. The van der Waals surface area contributed by atoms with Crippen LogP contribution in [0.15, 0.2) is 0 Å². The summed E-state index contributed by atoms with van der Waals surface area (Å²) >= 11 is 5.76. The van der Waals surface area contributed by atoms with Crippen LogP contribution in [-0.4, -0.2) is 41.8 Å². The molecule has 1 atom stereocenters. The molecule has 1 aromatic heterocycles. The number of rotatable bonds is 4. The van der Waals surface area contributed by atoms with Gasteiger partial charge in [-0.15, -0.1) is 0 Å². The molecule has 2 heterocycles. The first-order valence-corrected chi connectivity index (χ1v) is 5.56. The molecule has 1 aliphatic heterocycles. The van der Waals surface area contributed by atoms with Gasteiger partial charge in [0.15, 0.2) is 0 Å². The number of ether oxygens (including phenoxy) is 1. The minimum atomic E-state index is 0.185. The van der Waals surface area contributed by atoms with Crippen LogP contribution < -0.4 is 10.6 Å². The molecule has 1 aliphatic rings. The van der Waals surface area contributed by atoms with Crippen LogP contribution in [-0.2, 0) is 4.74 Å². The number of aromatic nitrogens is 3. The van der Waals surface area contributed by atoms with Gasteiger partial charge in [0.25, 0.3) is 0 Å². The summed E-state index contributed by atoms with van der Waals surface area (Å²) in [6.45, 7) is 2.43. The van der Waals surface area contributed by atoms with E-state index in [2.05, 4.69) is 25.6 Å². The number of anilines is 2. The van der Waals surface area contributed by atoms with E-state index in [0.29, 0.717) is 17.8 Å². The molecule has 0 saturated carbocycles. The smallest absolute Gasteiger partial charge is 0.228 e. The number of nitrogens with zero attached hydrogens (tertiary/aromatic N) is 3. The van der Waals surface area contributed by atoms with E-state index in [-0.39, 0.29) is 5.28 Å². The second-order valence-electron chi connectivity index (χ2n) is 3.61. The number of nitrogens with one attached hydrogen (secondary N) is 2. The number of hydrogen-bond acceptors (Lipinski definition) is 6. The molecule has 6 nitrogen and oxygen atoms in total. The fraction of sp³-hybridized carbons (Fsp3) is 0.667. The molecule has 0 aromatic carbocycles. The van der Waals surface area contributed by atoms with Crippen molar-refractivity contribution in [2.24, 2.45) is 5.92 Å². The second-order valence-corrected chi connectivity index (χ2v) is 3.95. The first-order chi connectivity index (χ1) is 7.78. The average molecular weight is 244 g/mol. The van der Waals surface area contributed by atoms with Gasteiger partial charge in [-0.25, -0.2) is 0 Å². The summed E-state index contributed by atoms with van der Waals surface area (Å²) in [4.78, 5) is 12.0. The lowest BCUT2D eigenvalue weighted by atomic mass is 10.1. The maximum Gasteiger partial charge on any atom is 0.228 e. The molecule has 1 aromatic rings. The van der Waals surface area contributed by atoms with E-state index >= 15 is 0 Å². The van der Waals surface area contributed by atoms with Gasteiger partial charge in [-0.1, -0.05) is 0 Å². The van der Waals surface area contributed by atoms with Gasteiger partial charge in [0.2, 0.25) is 17.2 Å². The zero-order valence-corrected chi connectivity index (χ0v) is 9.79. The number of halogens is 1. The van der Waals surface area contributed by atoms with E-state index in [1.165, 1.54) is 0 Å². The van der Waals surface area contributed by atoms with E-state index in [4.69, 9.17) is 16.3 Å². The third-order valence-corrected chi connectivity index (χ3v) is 2.57. The van der Waals surface area contributed by atoms with E-state index in [9.17, 15) is 0 Å². The van der Waals surface area contributed by atoms with E-state index in [0.717, 1.165) is 26.2 Å². The van der Waals surface area contributed by atoms with Crippen LogP contribution in [0.5, 0.6) is 0 Å². The number of hydrogen-bond donors (Lipinski definition) is 2. The first kappa shape index (κ1) is 11.3. The zero-order valence-electron chi connectivity index (χ0n) is 9.03. The van der Waals surface area contributed by atoms with Gasteiger partial charge in [0.1, 0.15) is 0 Å². The maximum absolute atomic E-state index is 5.76. The Morgan fingerprint density at radius 1 is 1.38 bits per heavy atom. The maximum atomic E-state index is 5.76. The molecule has 0 aliphatic carbocycles. The normalized spacial score (nSPS) is 19.8. The molecule has 0 radical (unpaired) electrons. The van der Waals surface area contributed by atoms with Crippen molar-refractivity contribution in [3.63, 3.8) is 0 Å². The molecule has 1 saturated heterocycles. The lowest BCUT2D eigenvalue weighted by Crippen LogP contribution is -2.16. The Morgan fingerprint density at radius 2 is 2.19 bits per heavy atom. The molecule has 1 fully saturated rings.